The van der Waals surface area contributed by atoms with E-state index in [1.54, 1.807) is 25.0 Å². The molecule has 0 N–H and O–H groups in total. The van der Waals surface area contributed by atoms with Crippen molar-refractivity contribution in [3.63, 3.8) is 0 Å². The maximum absolute atomic E-state index is 8.25. The van der Waals surface area contributed by atoms with E-state index in [2.05, 4.69) is 45.9 Å². The van der Waals surface area contributed by atoms with Crippen molar-refractivity contribution in [2.45, 2.75) is 34.1 Å². The van der Waals surface area contributed by atoms with Gasteiger partial charge in [0.15, 0.2) is 0 Å². The van der Waals surface area contributed by atoms with Gasteiger partial charge in [-0.25, -0.2) is 0 Å². The Bertz CT molecular complexity index is 434. The third-order valence-electron chi connectivity index (χ3n) is 3.35. The Morgan fingerprint density at radius 3 is 1.79 bits per heavy atom. The first kappa shape index (κ1) is 19.1. The van der Waals surface area contributed by atoms with Crippen molar-refractivity contribution < 1.29 is 32.9 Å². The summed E-state index contributed by atoms with van der Waals surface area (Å²) in [4.78, 5) is 0.164. The molecule has 104 valence electrons. The van der Waals surface area contributed by atoms with Gasteiger partial charge in [0, 0.05) is 0 Å². The fourth-order valence-corrected chi connectivity index (χ4v) is 13.1. The standard InChI is InChI=1S/C8H12P.C5H5.2CH3O.Zr/c1-5-6(2)8(4)9-7(5)3;1-2-4-5-3-1;2*1-2;/h1-4H3;1-3H,4H2;2*1H3;/q-1;;2*-1;+3. The summed E-state index contributed by atoms with van der Waals surface area (Å²) >= 11 is -0.345. The molecule has 1 aromatic rings. The summed E-state index contributed by atoms with van der Waals surface area (Å²) in [6, 6.07) is 0. The van der Waals surface area contributed by atoms with Gasteiger partial charge in [0.25, 0.3) is 0 Å². The molecular weight excluding hydrogens is 334 g/mol. The summed E-state index contributed by atoms with van der Waals surface area (Å²) < 4.78 is 1.78. The van der Waals surface area contributed by atoms with Crippen LogP contribution in [0, 0.1) is 27.7 Å². The van der Waals surface area contributed by atoms with Crippen molar-refractivity contribution >= 4 is 4.83 Å². The van der Waals surface area contributed by atoms with Gasteiger partial charge in [0.2, 0.25) is 0 Å². The second kappa shape index (κ2) is 9.89. The van der Waals surface area contributed by atoms with Crippen molar-refractivity contribution in [3.05, 3.63) is 43.2 Å². The van der Waals surface area contributed by atoms with E-state index in [9.17, 15) is 0 Å². The Kier molecular flexibility index (Phi) is 9.92. The van der Waals surface area contributed by atoms with Crippen molar-refractivity contribution in [2.75, 3.05) is 14.2 Å². The topological polar surface area (TPSA) is 46.1 Å². The van der Waals surface area contributed by atoms with Crippen LogP contribution in [0.3, 0.4) is 0 Å². The van der Waals surface area contributed by atoms with E-state index in [1.807, 2.05) is 0 Å². The SMILES string of the molecule is C[O-].C[O-].Cc1c(C)c(C)[p]([Zr+2][C]2=CC=CC2)c1C. The molecule has 1 aromatic heterocycles. The molecule has 0 radical (unpaired) electrons. The van der Waals surface area contributed by atoms with Crippen LogP contribution in [0.15, 0.2) is 21.5 Å². The zero-order chi connectivity index (χ0) is 15.0. The first-order valence-corrected chi connectivity index (χ1v) is 12.1. The average Bonchev–Trinajstić information content (AvgIpc) is 3.04. The van der Waals surface area contributed by atoms with Gasteiger partial charge in [-0.1, -0.05) is 0 Å². The van der Waals surface area contributed by atoms with Gasteiger partial charge in [-0.05, 0) is 0 Å². The van der Waals surface area contributed by atoms with Gasteiger partial charge in [-0.2, -0.15) is 14.2 Å². The quantitative estimate of drug-likeness (QED) is 0.817. The van der Waals surface area contributed by atoms with Gasteiger partial charge in [0.05, 0.1) is 0 Å². The molecule has 0 saturated carbocycles. The fraction of sp³-hybridized carbons (Fsp3) is 0.467. The molecule has 0 aliphatic heterocycles. The van der Waals surface area contributed by atoms with Gasteiger partial charge in [-0.3, -0.25) is 0 Å². The van der Waals surface area contributed by atoms with Gasteiger partial charge in [-0.15, -0.1) is 0 Å². The monoisotopic (exact) mass is 356 g/mol. The van der Waals surface area contributed by atoms with E-state index in [0.717, 1.165) is 14.2 Å². The first-order valence-electron chi connectivity index (χ1n) is 6.20. The molecule has 0 fully saturated rings. The fourth-order valence-electron chi connectivity index (χ4n) is 1.97. The van der Waals surface area contributed by atoms with E-state index in [-0.39, 0.29) is 27.5 Å². The zero-order valence-corrected chi connectivity index (χ0v) is 16.1. The van der Waals surface area contributed by atoms with E-state index in [4.69, 9.17) is 10.2 Å². The van der Waals surface area contributed by atoms with Gasteiger partial charge in [0.1, 0.15) is 0 Å². The summed E-state index contributed by atoms with van der Waals surface area (Å²) in [5.41, 5.74) is 3.18. The van der Waals surface area contributed by atoms with Crippen molar-refractivity contribution in [2.24, 2.45) is 0 Å². The van der Waals surface area contributed by atoms with Gasteiger partial charge < -0.3 is 10.2 Å². The number of rotatable bonds is 2. The predicted molar refractivity (Wildman–Crippen MR) is 77.2 cm³/mol. The van der Waals surface area contributed by atoms with Crippen LogP contribution in [0.5, 0.6) is 0 Å². The maximum atomic E-state index is 8.25. The van der Waals surface area contributed by atoms with Crippen LogP contribution in [-0.2, 0) is 22.7 Å². The molecule has 1 heterocycles. The predicted octanol–water partition coefficient (Wildman–Crippen LogP) is 2.55. The summed E-state index contributed by atoms with van der Waals surface area (Å²) in [6.07, 6.45) is 8.17. The molecule has 0 bridgehead atoms. The Morgan fingerprint density at radius 1 is 0.947 bits per heavy atom. The van der Waals surface area contributed by atoms with Gasteiger partial charge >= 0.3 is 105 Å². The molecule has 1 aliphatic rings. The first-order chi connectivity index (χ1) is 9.11. The Labute approximate surface area is 129 Å². The minimum atomic E-state index is -0.345. The normalized spacial score (nSPS) is 11.9. The third kappa shape index (κ3) is 4.83. The van der Waals surface area contributed by atoms with Crippen LogP contribution >= 0.6 is 4.83 Å². The van der Waals surface area contributed by atoms with Crippen LogP contribution < -0.4 is 10.2 Å². The molecule has 0 atom stereocenters. The van der Waals surface area contributed by atoms with Crippen LogP contribution in [0.25, 0.3) is 0 Å². The molecule has 0 saturated heterocycles. The molecule has 19 heavy (non-hydrogen) atoms. The third-order valence-corrected chi connectivity index (χ3v) is 15.5. The summed E-state index contributed by atoms with van der Waals surface area (Å²) in [5.74, 6) is 0. The summed E-state index contributed by atoms with van der Waals surface area (Å²) in [7, 11) is 1.50. The molecule has 2 rings (SSSR count). The second-order valence-electron chi connectivity index (χ2n) is 4.19. The van der Waals surface area contributed by atoms with Crippen molar-refractivity contribution in [3.8, 4) is 0 Å². The molecule has 0 amide bonds. The summed E-state index contributed by atoms with van der Waals surface area (Å²) in [6.45, 7) is 9.34. The molecule has 4 heteroatoms. The Balaban J connectivity index is 0.000000741. The molecular formula is C15H23O2PZr. The zero-order valence-electron chi connectivity index (χ0n) is 12.7. The van der Waals surface area contributed by atoms with Crippen molar-refractivity contribution in [1.82, 2.24) is 0 Å². The second-order valence-corrected chi connectivity index (χ2v) is 13.0. The molecule has 1 aliphatic carbocycles. The van der Waals surface area contributed by atoms with Crippen LogP contribution in [-0.4, -0.2) is 14.2 Å². The molecule has 0 aromatic carbocycles. The van der Waals surface area contributed by atoms with E-state index >= 15 is 0 Å². The summed E-state index contributed by atoms with van der Waals surface area (Å²) in [5, 5.41) is 19.9. The van der Waals surface area contributed by atoms with Crippen molar-refractivity contribution in [1.29, 1.82) is 0 Å². The Morgan fingerprint density at radius 2 is 1.42 bits per heavy atom. The van der Waals surface area contributed by atoms with E-state index in [1.165, 1.54) is 6.42 Å². The minimum absolute atomic E-state index is 0.164. The van der Waals surface area contributed by atoms with Crippen LogP contribution in [0.2, 0.25) is 0 Å². The van der Waals surface area contributed by atoms with E-state index in [0.29, 0.717) is 0 Å². The number of allylic oxidation sites excluding steroid dienone is 4. The number of hydrogen-bond donors (Lipinski definition) is 0. The van der Waals surface area contributed by atoms with Crippen LogP contribution in [0.1, 0.15) is 28.1 Å². The molecule has 0 spiro atoms. The molecule has 2 nitrogen and oxygen atoms in total. The molecule has 0 unspecified atom stereocenters. The average molecular weight is 358 g/mol. The van der Waals surface area contributed by atoms with E-state index < -0.39 is 0 Å². The Hall–Kier alpha value is 0.0631. The number of hydrogen-bond acceptors (Lipinski definition) is 2. The van der Waals surface area contributed by atoms with Crippen LogP contribution in [0.4, 0.5) is 0 Å².